The van der Waals surface area contributed by atoms with Crippen LogP contribution < -0.4 is 5.32 Å². The molecule has 1 N–H and O–H groups in total. The average molecular weight is 234 g/mol. The van der Waals surface area contributed by atoms with E-state index in [-0.39, 0.29) is 5.75 Å². The van der Waals surface area contributed by atoms with Crippen LogP contribution >= 0.6 is 0 Å². The number of nitrogens with zero attached hydrogens (tertiary/aromatic N) is 1. The molecule has 0 radical (unpaired) electrons. The van der Waals surface area contributed by atoms with Crippen molar-refractivity contribution < 1.29 is 8.42 Å². The van der Waals surface area contributed by atoms with Crippen molar-refractivity contribution in [2.45, 2.75) is 25.8 Å². The van der Waals surface area contributed by atoms with E-state index in [4.69, 9.17) is 0 Å². The zero-order valence-corrected chi connectivity index (χ0v) is 10.5. The molecule has 0 aromatic rings. The van der Waals surface area contributed by atoms with Crippen LogP contribution in [0.4, 0.5) is 0 Å². The number of hydrogen-bond donors (Lipinski definition) is 1. The van der Waals surface area contributed by atoms with Crippen molar-refractivity contribution in [2.24, 2.45) is 0 Å². The Morgan fingerprint density at radius 3 is 2.73 bits per heavy atom. The third kappa shape index (κ3) is 5.49. The van der Waals surface area contributed by atoms with Gasteiger partial charge in [-0.15, -0.1) is 0 Å². The Kier molecular flexibility index (Phi) is 5.02. The van der Waals surface area contributed by atoms with Crippen LogP contribution in [0.2, 0.25) is 0 Å². The minimum atomic E-state index is -2.82. The summed E-state index contributed by atoms with van der Waals surface area (Å²) in [5.74, 6) is 0.282. The van der Waals surface area contributed by atoms with Crippen molar-refractivity contribution in [3.63, 3.8) is 0 Å². The maximum absolute atomic E-state index is 11.0. The van der Waals surface area contributed by atoms with Crippen LogP contribution in [0.25, 0.3) is 0 Å². The molecule has 15 heavy (non-hydrogen) atoms. The van der Waals surface area contributed by atoms with E-state index in [9.17, 15) is 8.42 Å². The second-order valence-electron chi connectivity index (χ2n) is 4.32. The summed E-state index contributed by atoms with van der Waals surface area (Å²) in [6, 6.07) is 0.605. The molecular formula is C10H22N2O2S. The van der Waals surface area contributed by atoms with Gasteiger partial charge in [0.05, 0.1) is 5.75 Å². The van der Waals surface area contributed by atoms with Crippen molar-refractivity contribution >= 4 is 9.84 Å². The fraction of sp³-hybridized carbons (Fsp3) is 1.00. The summed E-state index contributed by atoms with van der Waals surface area (Å²) in [6.45, 7) is 5.82. The van der Waals surface area contributed by atoms with Crippen molar-refractivity contribution in [2.75, 3.05) is 38.2 Å². The summed E-state index contributed by atoms with van der Waals surface area (Å²) in [5, 5.41) is 3.47. The first-order valence-electron chi connectivity index (χ1n) is 5.64. The van der Waals surface area contributed by atoms with Crippen molar-refractivity contribution in [3.05, 3.63) is 0 Å². The minimum absolute atomic E-state index is 0.282. The van der Waals surface area contributed by atoms with Crippen LogP contribution in [0, 0.1) is 0 Å². The molecule has 5 heteroatoms. The van der Waals surface area contributed by atoms with Gasteiger partial charge in [0.2, 0.25) is 0 Å². The lowest BCUT2D eigenvalue weighted by molar-refractivity contribution is 0.306. The Balaban J connectivity index is 2.31. The Morgan fingerprint density at radius 2 is 2.13 bits per heavy atom. The minimum Gasteiger partial charge on any atom is -0.313 e. The molecule has 1 atom stereocenters. The maximum atomic E-state index is 11.0. The highest BCUT2D eigenvalue weighted by Gasteiger charge is 2.15. The highest BCUT2D eigenvalue weighted by Crippen LogP contribution is 2.04. The van der Waals surface area contributed by atoms with Crippen LogP contribution in [0.5, 0.6) is 0 Å². The number of hydrogen-bond acceptors (Lipinski definition) is 4. The molecule has 1 heterocycles. The third-order valence-electron chi connectivity index (χ3n) is 2.93. The van der Waals surface area contributed by atoms with E-state index >= 15 is 0 Å². The zero-order valence-electron chi connectivity index (χ0n) is 9.70. The molecule has 0 spiro atoms. The molecule has 0 amide bonds. The molecule has 1 fully saturated rings. The SMILES string of the molecule is CCC1CCN(CCS(C)(=O)=O)CCN1. The van der Waals surface area contributed by atoms with Crippen molar-refractivity contribution in [3.8, 4) is 0 Å². The van der Waals surface area contributed by atoms with Gasteiger partial charge in [0, 0.05) is 31.9 Å². The molecule has 1 aliphatic heterocycles. The highest BCUT2D eigenvalue weighted by atomic mass is 32.2. The average Bonchev–Trinajstić information content (AvgIpc) is 2.38. The van der Waals surface area contributed by atoms with Gasteiger partial charge in [0.25, 0.3) is 0 Å². The smallest absolute Gasteiger partial charge is 0.148 e. The number of rotatable bonds is 4. The van der Waals surface area contributed by atoms with Gasteiger partial charge in [-0.3, -0.25) is 0 Å². The van der Waals surface area contributed by atoms with Crippen LogP contribution in [-0.2, 0) is 9.84 Å². The molecule has 0 aromatic heterocycles. The van der Waals surface area contributed by atoms with Crippen LogP contribution in [0.3, 0.4) is 0 Å². The standard InChI is InChI=1S/C10H22N2O2S/c1-3-10-4-6-12(7-5-11-10)8-9-15(2,13)14/h10-11H,3-9H2,1-2H3. The van der Waals surface area contributed by atoms with Crippen LogP contribution in [0.15, 0.2) is 0 Å². The quantitative estimate of drug-likeness (QED) is 0.750. The molecule has 1 rings (SSSR count). The molecule has 0 saturated carbocycles. The van der Waals surface area contributed by atoms with Crippen molar-refractivity contribution in [1.82, 2.24) is 10.2 Å². The van der Waals surface area contributed by atoms with E-state index < -0.39 is 9.84 Å². The van der Waals surface area contributed by atoms with E-state index in [0.29, 0.717) is 12.6 Å². The fourth-order valence-corrected chi connectivity index (χ4v) is 2.44. The van der Waals surface area contributed by atoms with Gasteiger partial charge in [-0.25, -0.2) is 8.42 Å². The summed E-state index contributed by atoms with van der Waals surface area (Å²) in [7, 11) is -2.82. The first kappa shape index (κ1) is 12.9. The van der Waals surface area contributed by atoms with Crippen molar-refractivity contribution in [1.29, 1.82) is 0 Å². The highest BCUT2D eigenvalue weighted by molar-refractivity contribution is 7.90. The topological polar surface area (TPSA) is 49.4 Å². The molecule has 0 bridgehead atoms. The summed E-state index contributed by atoms with van der Waals surface area (Å²) in [4.78, 5) is 2.24. The molecule has 4 nitrogen and oxygen atoms in total. The van der Waals surface area contributed by atoms with Gasteiger partial charge in [-0.05, 0) is 19.4 Å². The number of nitrogens with one attached hydrogen (secondary N) is 1. The Bertz CT molecular complexity index is 277. The normalized spacial score (nSPS) is 25.1. The van der Waals surface area contributed by atoms with E-state index in [1.165, 1.54) is 6.26 Å². The maximum Gasteiger partial charge on any atom is 0.148 e. The van der Waals surface area contributed by atoms with E-state index in [1.807, 2.05) is 0 Å². The summed E-state index contributed by atoms with van der Waals surface area (Å²) < 4.78 is 22.1. The second kappa shape index (κ2) is 5.82. The molecule has 1 unspecified atom stereocenters. The van der Waals surface area contributed by atoms with E-state index in [1.54, 1.807) is 0 Å². The van der Waals surface area contributed by atoms with Gasteiger partial charge in [0.1, 0.15) is 9.84 Å². The molecule has 90 valence electrons. The largest absolute Gasteiger partial charge is 0.313 e. The Morgan fingerprint density at radius 1 is 1.40 bits per heavy atom. The van der Waals surface area contributed by atoms with E-state index in [0.717, 1.165) is 32.5 Å². The molecular weight excluding hydrogens is 212 g/mol. The lowest BCUT2D eigenvalue weighted by atomic mass is 10.1. The van der Waals surface area contributed by atoms with Gasteiger partial charge >= 0.3 is 0 Å². The molecule has 0 aliphatic carbocycles. The molecule has 0 aromatic carbocycles. The first-order valence-corrected chi connectivity index (χ1v) is 7.71. The summed E-state index contributed by atoms with van der Waals surface area (Å²) in [5.41, 5.74) is 0. The lowest BCUT2D eigenvalue weighted by Crippen LogP contribution is -2.32. The first-order chi connectivity index (χ1) is 7.01. The fourth-order valence-electron chi connectivity index (χ4n) is 1.85. The van der Waals surface area contributed by atoms with Gasteiger partial charge < -0.3 is 10.2 Å². The third-order valence-corrected chi connectivity index (χ3v) is 3.85. The Hall–Kier alpha value is -0.130. The van der Waals surface area contributed by atoms with Gasteiger partial charge in [-0.1, -0.05) is 6.92 Å². The summed E-state index contributed by atoms with van der Waals surface area (Å²) >= 11 is 0. The predicted molar refractivity (Wildman–Crippen MR) is 62.8 cm³/mol. The monoisotopic (exact) mass is 234 g/mol. The summed E-state index contributed by atoms with van der Waals surface area (Å²) in [6.07, 6.45) is 3.58. The molecule has 1 aliphatic rings. The van der Waals surface area contributed by atoms with Gasteiger partial charge in [0.15, 0.2) is 0 Å². The Labute approximate surface area is 93.0 Å². The van der Waals surface area contributed by atoms with Crippen LogP contribution in [0.1, 0.15) is 19.8 Å². The molecule has 1 saturated heterocycles. The van der Waals surface area contributed by atoms with Crippen LogP contribution in [-0.4, -0.2) is 57.5 Å². The predicted octanol–water partition coefficient (Wildman–Crippen LogP) is 0.105. The zero-order chi connectivity index (χ0) is 11.3. The lowest BCUT2D eigenvalue weighted by Gasteiger charge is -2.18. The van der Waals surface area contributed by atoms with Gasteiger partial charge in [-0.2, -0.15) is 0 Å². The van der Waals surface area contributed by atoms with E-state index in [2.05, 4.69) is 17.1 Å². The number of sulfone groups is 1. The second-order valence-corrected chi connectivity index (χ2v) is 6.58.